The van der Waals surface area contributed by atoms with E-state index in [1.807, 2.05) is 16.8 Å². The molecule has 25 heavy (non-hydrogen) atoms. The minimum absolute atomic E-state index is 0.00253. The van der Waals surface area contributed by atoms with Gasteiger partial charge in [0.1, 0.15) is 12.4 Å². The van der Waals surface area contributed by atoms with Gasteiger partial charge < -0.3 is 19.3 Å². The summed E-state index contributed by atoms with van der Waals surface area (Å²) in [7, 11) is 0. The molecule has 0 aliphatic carbocycles. The lowest BCUT2D eigenvalue weighted by Gasteiger charge is -2.38. The van der Waals surface area contributed by atoms with Crippen LogP contribution in [0.25, 0.3) is 5.69 Å². The van der Waals surface area contributed by atoms with E-state index in [1.54, 1.807) is 12.5 Å². The third-order valence-electron chi connectivity index (χ3n) is 4.69. The molecule has 132 valence electrons. The summed E-state index contributed by atoms with van der Waals surface area (Å²) in [6, 6.07) is 1.96. The number of hydrogen-bond acceptors (Lipinski definition) is 4. The first-order valence-corrected chi connectivity index (χ1v) is 9.05. The highest BCUT2D eigenvalue weighted by molar-refractivity contribution is 9.10. The van der Waals surface area contributed by atoms with Crippen molar-refractivity contribution in [2.75, 3.05) is 26.2 Å². The Morgan fingerprint density at radius 2 is 2.28 bits per heavy atom. The van der Waals surface area contributed by atoms with Crippen molar-refractivity contribution >= 4 is 33.6 Å². The summed E-state index contributed by atoms with van der Waals surface area (Å²) in [4.78, 5) is 19.1. The maximum absolute atomic E-state index is 11.3. The molecule has 0 spiro atoms. The van der Waals surface area contributed by atoms with Crippen molar-refractivity contribution in [3.63, 3.8) is 0 Å². The van der Waals surface area contributed by atoms with Crippen LogP contribution in [0, 0.1) is 0 Å². The SMILES string of the molecule is O=C(O)N1CCN2Cc3c(-n4ccnc4)cc(Br)c(Cl)c3OC[C@H]2C1. The number of rotatable bonds is 1. The van der Waals surface area contributed by atoms with E-state index < -0.39 is 6.09 Å². The Morgan fingerprint density at radius 1 is 1.44 bits per heavy atom. The van der Waals surface area contributed by atoms with Gasteiger partial charge in [-0.2, -0.15) is 0 Å². The molecule has 2 aromatic rings. The van der Waals surface area contributed by atoms with E-state index >= 15 is 0 Å². The largest absolute Gasteiger partial charge is 0.490 e. The van der Waals surface area contributed by atoms with E-state index in [1.165, 1.54) is 4.90 Å². The molecular formula is C16H16BrClN4O3. The Bertz CT molecular complexity index is 814. The topological polar surface area (TPSA) is 70.8 Å². The first-order chi connectivity index (χ1) is 12.0. The van der Waals surface area contributed by atoms with Crippen molar-refractivity contribution in [1.29, 1.82) is 0 Å². The van der Waals surface area contributed by atoms with Crippen LogP contribution in [0.5, 0.6) is 5.75 Å². The lowest BCUT2D eigenvalue weighted by atomic mass is 10.1. The molecule has 1 aromatic carbocycles. The van der Waals surface area contributed by atoms with E-state index in [0.29, 0.717) is 43.6 Å². The quantitative estimate of drug-likeness (QED) is 0.758. The van der Waals surface area contributed by atoms with Crippen molar-refractivity contribution in [2.45, 2.75) is 12.6 Å². The maximum atomic E-state index is 11.3. The van der Waals surface area contributed by atoms with Gasteiger partial charge in [0.05, 0.1) is 23.1 Å². The number of carbonyl (C=O) groups is 1. The first-order valence-electron chi connectivity index (χ1n) is 7.88. The van der Waals surface area contributed by atoms with Gasteiger partial charge in [-0.25, -0.2) is 9.78 Å². The van der Waals surface area contributed by atoms with Crippen LogP contribution < -0.4 is 4.74 Å². The van der Waals surface area contributed by atoms with Crippen molar-refractivity contribution in [2.24, 2.45) is 0 Å². The van der Waals surface area contributed by atoms with E-state index in [9.17, 15) is 9.90 Å². The molecule has 2 aliphatic heterocycles. The number of nitrogens with zero attached hydrogens (tertiary/aromatic N) is 4. The fraction of sp³-hybridized carbons (Fsp3) is 0.375. The Labute approximate surface area is 157 Å². The highest BCUT2D eigenvalue weighted by Crippen LogP contribution is 2.41. The van der Waals surface area contributed by atoms with Gasteiger partial charge in [-0.15, -0.1) is 0 Å². The summed E-state index contributed by atoms with van der Waals surface area (Å²) in [5, 5.41) is 9.79. The molecule has 0 radical (unpaired) electrons. The lowest BCUT2D eigenvalue weighted by molar-refractivity contribution is 0.0503. The average molecular weight is 428 g/mol. The molecule has 0 bridgehead atoms. The summed E-state index contributed by atoms with van der Waals surface area (Å²) < 4.78 is 8.72. The molecular weight excluding hydrogens is 412 g/mol. The molecule has 2 aliphatic rings. The van der Waals surface area contributed by atoms with Gasteiger partial charge in [0.25, 0.3) is 0 Å². The number of imidazole rings is 1. The van der Waals surface area contributed by atoms with Crippen molar-refractivity contribution in [3.8, 4) is 11.4 Å². The van der Waals surface area contributed by atoms with Crippen LogP contribution in [0.1, 0.15) is 5.56 Å². The monoisotopic (exact) mass is 426 g/mol. The maximum Gasteiger partial charge on any atom is 0.407 e. The highest BCUT2D eigenvalue weighted by Gasteiger charge is 2.34. The Morgan fingerprint density at radius 3 is 3.00 bits per heavy atom. The average Bonchev–Trinajstić information content (AvgIpc) is 3.05. The Kier molecular flexibility index (Phi) is 4.35. The van der Waals surface area contributed by atoms with E-state index in [0.717, 1.165) is 15.7 Å². The zero-order valence-corrected chi connectivity index (χ0v) is 15.6. The van der Waals surface area contributed by atoms with Crippen molar-refractivity contribution in [3.05, 3.63) is 39.8 Å². The predicted molar refractivity (Wildman–Crippen MR) is 95.6 cm³/mol. The summed E-state index contributed by atoms with van der Waals surface area (Å²) in [6.07, 6.45) is 4.45. The molecule has 1 N–H and O–H groups in total. The van der Waals surface area contributed by atoms with E-state index in [2.05, 4.69) is 25.8 Å². The van der Waals surface area contributed by atoms with E-state index in [4.69, 9.17) is 16.3 Å². The summed E-state index contributed by atoms with van der Waals surface area (Å²) in [5.74, 6) is 0.649. The zero-order chi connectivity index (χ0) is 17.6. The van der Waals surface area contributed by atoms with Gasteiger partial charge in [0.2, 0.25) is 0 Å². The summed E-state index contributed by atoms with van der Waals surface area (Å²) in [5.41, 5.74) is 1.93. The number of fused-ring (bicyclic) bond motifs is 2. The molecule has 7 nitrogen and oxygen atoms in total. The molecule has 1 amide bonds. The number of carboxylic acid groups (broad SMARTS) is 1. The van der Waals surface area contributed by atoms with Crippen LogP contribution in [0.2, 0.25) is 5.02 Å². The number of piperazine rings is 1. The summed E-state index contributed by atoms with van der Waals surface area (Å²) >= 11 is 9.97. The lowest BCUT2D eigenvalue weighted by Crippen LogP contribution is -2.55. The minimum Gasteiger partial charge on any atom is -0.490 e. The molecule has 1 atom stereocenters. The molecule has 0 unspecified atom stereocenters. The van der Waals surface area contributed by atoms with Crippen molar-refractivity contribution in [1.82, 2.24) is 19.4 Å². The number of benzene rings is 1. The number of ether oxygens (including phenoxy) is 1. The number of aromatic nitrogens is 2. The molecule has 0 saturated carbocycles. The standard InChI is InChI=1S/C16H16BrClN4O3/c17-12-5-13(22-2-1-19-9-22)11-7-20-3-4-21(16(23)24)6-10(20)8-25-15(11)14(12)18/h1-2,5,9-10H,3-4,6-8H2,(H,23,24)/t10-/m1/s1. The smallest absolute Gasteiger partial charge is 0.407 e. The van der Waals surface area contributed by atoms with Crippen LogP contribution >= 0.6 is 27.5 Å². The number of amides is 1. The minimum atomic E-state index is -0.888. The molecule has 1 fully saturated rings. The van der Waals surface area contributed by atoms with Crippen LogP contribution in [0.4, 0.5) is 4.79 Å². The Hall–Kier alpha value is -1.77. The van der Waals surface area contributed by atoms with Gasteiger partial charge in [-0.05, 0) is 22.0 Å². The highest BCUT2D eigenvalue weighted by atomic mass is 79.9. The van der Waals surface area contributed by atoms with Gasteiger partial charge in [-0.1, -0.05) is 11.6 Å². The van der Waals surface area contributed by atoms with Crippen LogP contribution in [0.15, 0.2) is 29.3 Å². The normalized spacial score (nSPS) is 20.4. The van der Waals surface area contributed by atoms with Crippen molar-refractivity contribution < 1.29 is 14.6 Å². The van der Waals surface area contributed by atoms with Gasteiger partial charge >= 0.3 is 6.09 Å². The molecule has 9 heteroatoms. The number of halogens is 2. The van der Waals surface area contributed by atoms with Gasteiger partial charge in [-0.3, -0.25) is 4.90 Å². The van der Waals surface area contributed by atoms with Gasteiger partial charge in [0, 0.05) is 48.6 Å². The van der Waals surface area contributed by atoms with E-state index in [-0.39, 0.29) is 6.04 Å². The predicted octanol–water partition coefficient (Wildman–Crippen LogP) is 2.84. The summed E-state index contributed by atoms with van der Waals surface area (Å²) in [6.45, 7) is 2.63. The Balaban J connectivity index is 1.74. The second kappa shape index (κ2) is 6.51. The molecule has 1 aromatic heterocycles. The fourth-order valence-corrected chi connectivity index (χ4v) is 4.00. The van der Waals surface area contributed by atoms with Crippen LogP contribution in [-0.4, -0.2) is 62.8 Å². The van der Waals surface area contributed by atoms with Crippen LogP contribution in [0.3, 0.4) is 0 Å². The second-order valence-corrected chi connectivity index (χ2v) is 7.37. The zero-order valence-electron chi connectivity index (χ0n) is 13.2. The third kappa shape index (κ3) is 2.98. The fourth-order valence-electron chi connectivity index (χ4n) is 3.38. The molecule has 1 saturated heterocycles. The van der Waals surface area contributed by atoms with Crippen LogP contribution in [-0.2, 0) is 6.54 Å². The molecule has 3 heterocycles. The third-order valence-corrected chi connectivity index (χ3v) is 5.92. The number of hydrogen-bond donors (Lipinski definition) is 1. The molecule has 4 rings (SSSR count). The second-order valence-electron chi connectivity index (χ2n) is 6.13. The van der Waals surface area contributed by atoms with Gasteiger partial charge in [0.15, 0.2) is 0 Å². The first kappa shape index (κ1) is 16.7.